The Morgan fingerprint density at radius 2 is 1.74 bits per heavy atom. The summed E-state index contributed by atoms with van der Waals surface area (Å²) in [4.78, 5) is 16.8. The molecule has 3 rings (SSSR count). The molecule has 0 unspecified atom stereocenters. The number of anilines is 2. The van der Waals surface area contributed by atoms with Crippen molar-refractivity contribution >= 4 is 38.9 Å². The van der Waals surface area contributed by atoms with Crippen LogP contribution in [-0.4, -0.2) is 64.8 Å². The van der Waals surface area contributed by atoms with Crippen LogP contribution in [0.1, 0.15) is 12.5 Å². The zero-order chi connectivity index (χ0) is 22.6. The standard InChI is InChI=1S/C22H28ClN3O4S/c1-4-30-20-9-7-19(8-10-20)26(31(3,28)29)16-22(27)25-13-11-24(12-14-25)21-15-18(23)6-5-17(21)2/h5-10,15H,4,11-14,16H2,1-3H3. The topological polar surface area (TPSA) is 70.2 Å². The molecule has 0 atom stereocenters. The molecule has 2 aromatic rings. The van der Waals surface area contributed by atoms with Crippen molar-refractivity contribution in [2.45, 2.75) is 13.8 Å². The highest BCUT2D eigenvalue weighted by molar-refractivity contribution is 7.92. The van der Waals surface area contributed by atoms with E-state index in [0.717, 1.165) is 21.8 Å². The minimum Gasteiger partial charge on any atom is -0.494 e. The molecular weight excluding hydrogens is 438 g/mol. The Balaban J connectivity index is 1.67. The minimum atomic E-state index is -3.62. The van der Waals surface area contributed by atoms with Gasteiger partial charge in [-0.05, 0) is 55.8 Å². The first-order valence-electron chi connectivity index (χ1n) is 10.2. The van der Waals surface area contributed by atoms with Crippen molar-refractivity contribution in [1.82, 2.24) is 4.90 Å². The molecule has 9 heteroatoms. The number of benzene rings is 2. The maximum Gasteiger partial charge on any atom is 0.243 e. The molecule has 1 aliphatic rings. The van der Waals surface area contributed by atoms with Crippen molar-refractivity contribution < 1.29 is 17.9 Å². The zero-order valence-electron chi connectivity index (χ0n) is 18.0. The van der Waals surface area contributed by atoms with Crippen molar-refractivity contribution in [3.8, 4) is 5.75 Å². The molecule has 0 aliphatic carbocycles. The number of ether oxygens (including phenoxy) is 1. The van der Waals surface area contributed by atoms with Gasteiger partial charge in [-0.15, -0.1) is 0 Å². The predicted octanol–water partition coefficient (Wildman–Crippen LogP) is 3.16. The number of halogens is 1. The van der Waals surface area contributed by atoms with Gasteiger partial charge in [-0.1, -0.05) is 17.7 Å². The van der Waals surface area contributed by atoms with E-state index in [2.05, 4.69) is 4.90 Å². The third-order valence-electron chi connectivity index (χ3n) is 5.26. The van der Waals surface area contributed by atoms with E-state index < -0.39 is 10.0 Å². The summed E-state index contributed by atoms with van der Waals surface area (Å²) in [7, 11) is -3.62. The van der Waals surface area contributed by atoms with Gasteiger partial charge >= 0.3 is 0 Å². The molecule has 0 N–H and O–H groups in total. The molecule has 0 spiro atoms. The fourth-order valence-electron chi connectivity index (χ4n) is 3.62. The number of hydrogen-bond donors (Lipinski definition) is 0. The van der Waals surface area contributed by atoms with Crippen LogP contribution in [0, 0.1) is 6.92 Å². The van der Waals surface area contributed by atoms with Gasteiger partial charge in [-0.25, -0.2) is 8.42 Å². The monoisotopic (exact) mass is 465 g/mol. The lowest BCUT2D eigenvalue weighted by molar-refractivity contribution is -0.129. The minimum absolute atomic E-state index is 0.221. The highest BCUT2D eigenvalue weighted by Crippen LogP contribution is 2.26. The fraction of sp³-hybridized carbons (Fsp3) is 0.409. The van der Waals surface area contributed by atoms with Gasteiger partial charge in [0, 0.05) is 36.9 Å². The molecule has 1 fully saturated rings. The van der Waals surface area contributed by atoms with E-state index >= 15 is 0 Å². The van der Waals surface area contributed by atoms with Crippen LogP contribution in [0.3, 0.4) is 0 Å². The Kier molecular flexibility index (Phi) is 7.33. The SMILES string of the molecule is CCOc1ccc(N(CC(=O)N2CCN(c3cc(Cl)ccc3C)CC2)S(C)(=O)=O)cc1. The Bertz CT molecular complexity index is 1020. The number of carbonyl (C=O) groups excluding carboxylic acids is 1. The molecule has 0 saturated carbocycles. The normalized spacial score (nSPS) is 14.5. The van der Waals surface area contributed by atoms with Crippen molar-refractivity contribution in [1.29, 1.82) is 0 Å². The number of nitrogens with zero attached hydrogens (tertiary/aromatic N) is 3. The van der Waals surface area contributed by atoms with Gasteiger partial charge < -0.3 is 14.5 Å². The second-order valence-corrected chi connectivity index (χ2v) is 9.84. The first-order chi connectivity index (χ1) is 14.7. The maximum atomic E-state index is 12.9. The zero-order valence-corrected chi connectivity index (χ0v) is 19.6. The van der Waals surface area contributed by atoms with Crippen LogP contribution < -0.4 is 13.9 Å². The summed E-state index contributed by atoms with van der Waals surface area (Å²) in [6, 6.07) is 12.5. The molecule has 31 heavy (non-hydrogen) atoms. The summed E-state index contributed by atoms with van der Waals surface area (Å²) < 4.78 is 31.3. The lowest BCUT2D eigenvalue weighted by Gasteiger charge is -2.37. The van der Waals surface area contributed by atoms with E-state index in [9.17, 15) is 13.2 Å². The van der Waals surface area contributed by atoms with Gasteiger partial charge in [0.15, 0.2) is 0 Å². The van der Waals surface area contributed by atoms with E-state index in [4.69, 9.17) is 16.3 Å². The number of hydrogen-bond acceptors (Lipinski definition) is 5. The quantitative estimate of drug-likeness (QED) is 0.628. The Morgan fingerprint density at radius 1 is 1.10 bits per heavy atom. The highest BCUT2D eigenvalue weighted by atomic mass is 35.5. The molecule has 0 radical (unpaired) electrons. The molecule has 1 aliphatic heterocycles. The molecule has 0 bridgehead atoms. The average molecular weight is 466 g/mol. The van der Waals surface area contributed by atoms with Gasteiger partial charge in [0.25, 0.3) is 0 Å². The van der Waals surface area contributed by atoms with Crippen molar-refractivity contribution in [2.24, 2.45) is 0 Å². The second-order valence-electron chi connectivity index (χ2n) is 7.50. The van der Waals surface area contributed by atoms with Crippen LogP contribution in [0.5, 0.6) is 5.75 Å². The molecular formula is C22H28ClN3O4S. The van der Waals surface area contributed by atoms with Crippen LogP contribution in [0.15, 0.2) is 42.5 Å². The molecule has 1 saturated heterocycles. The van der Waals surface area contributed by atoms with E-state index in [1.807, 2.05) is 32.0 Å². The number of aryl methyl sites for hydroxylation is 1. The fourth-order valence-corrected chi connectivity index (χ4v) is 4.63. The summed E-state index contributed by atoms with van der Waals surface area (Å²) in [5.41, 5.74) is 2.63. The van der Waals surface area contributed by atoms with E-state index in [0.29, 0.717) is 49.2 Å². The summed E-state index contributed by atoms with van der Waals surface area (Å²) in [5.74, 6) is 0.431. The Hall–Kier alpha value is -2.45. The van der Waals surface area contributed by atoms with Gasteiger partial charge in [0.05, 0.1) is 18.6 Å². The van der Waals surface area contributed by atoms with Crippen LogP contribution in [0.25, 0.3) is 0 Å². The molecule has 2 aromatic carbocycles. The smallest absolute Gasteiger partial charge is 0.243 e. The third kappa shape index (κ3) is 5.83. The van der Waals surface area contributed by atoms with Crippen molar-refractivity contribution in [2.75, 3.05) is 54.8 Å². The van der Waals surface area contributed by atoms with E-state index in [1.165, 1.54) is 0 Å². The number of sulfonamides is 1. The van der Waals surface area contributed by atoms with Gasteiger partial charge in [0.1, 0.15) is 12.3 Å². The first kappa shape index (κ1) is 23.2. The van der Waals surface area contributed by atoms with Crippen molar-refractivity contribution in [3.63, 3.8) is 0 Å². The number of carbonyl (C=O) groups is 1. The van der Waals surface area contributed by atoms with Crippen molar-refractivity contribution in [3.05, 3.63) is 53.1 Å². The number of rotatable bonds is 7. The second kappa shape index (κ2) is 9.78. The lowest BCUT2D eigenvalue weighted by atomic mass is 10.1. The number of amides is 1. The molecule has 0 aromatic heterocycles. The van der Waals surface area contributed by atoms with Gasteiger partial charge in [0.2, 0.25) is 15.9 Å². The molecule has 7 nitrogen and oxygen atoms in total. The summed E-state index contributed by atoms with van der Waals surface area (Å²) >= 11 is 6.14. The number of piperazine rings is 1. The predicted molar refractivity (Wildman–Crippen MR) is 125 cm³/mol. The largest absolute Gasteiger partial charge is 0.494 e. The van der Waals surface area contributed by atoms with Gasteiger partial charge in [-0.2, -0.15) is 0 Å². The summed E-state index contributed by atoms with van der Waals surface area (Å²) in [6.07, 6.45) is 1.11. The lowest BCUT2D eigenvalue weighted by Crippen LogP contribution is -2.52. The van der Waals surface area contributed by atoms with E-state index in [-0.39, 0.29) is 12.5 Å². The maximum absolute atomic E-state index is 12.9. The Labute approximate surface area is 189 Å². The first-order valence-corrected chi connectivity index (χ1v) is 12.4. The van der Waals surface area contributed by atoms with Crippen LogP contribution in [0.4, 0.5) is 11.4 Å². The average Bonchev–Trinajstić information content (AvgIpc) is 2.74. The molecule has 168 valence electrons. The highest BCUT2D eigenvalue weighted by Gasteiger charge is 2.27. The summed E-state index contributed by atoms with van der Waals surface area (Å²) in [5, 5.41) is 0.679. The Morgan fingerprint density at radius 3 is 2.32 bits per heavy atom. The molecule has 1 heterocycles. The molecule has 1 amide bonds. The third-order valence-corrected chi connectivity index (χ3v) is 6.63. The van der Waals surface area contributed by atoms with E-state index in [1.54, 1.807) is 29.2 Å². The summed E-state index contributed by atoms with van der Waals surface area (Å²) in [6.45, 7) is 6.56. The van der Waals surface area contributed by atoms with Crippen LogP contribution in [0.2, 0.25) is 5.02 Å². The van der Waals surface area contributed by atoms with Crippen LogP contribution in [-0.2, 0) is 14.8 Å². The van der Waals surface area contributed by atoms with Gasteiger partial charge in [-0.3, -0.25) is 9.10 Å². The van der Waals surface area contributed by atoms with Crippen LogP contribution >= 0.6 is 11.6 Å².